The number of carbonyl (C=O) groups excluding carboxylic acids is 1. The zero-order chi connectivity index (χ0) is 11.8. The van der Waals surface area contributed by atoms with Crippen molar-refractivity contribution in [2.24, 2.45) is 5.41 Å². The van der Waals surface area contributed by atoms with E-state index in [4.69, 9.17) is 4.74 Å². The van der Waals surface area contributed by atoms with Gasteiger partial charge >= 0.3 is 0 Å². The minimum Gasteiger partial charge on any atom is -0.479 e. The molecule has 1 N–H and O–H groups in total. The second-order valence-electron chi connectivity index (χ2n) is 5.10. The highest BCUT2D eigenvalue weighted by Gasteiger charge is 2.33. The third-order valence-corrected chi connectivity index (χ3v) is 2.67. The van der Waals surface area contributed by atoms with Gasteiger partial charge in [0.15, 0.2) is 11.9 Å². The van der Waals surface area contributed by atoms with Gasteiger partial charge in [0.05, 0.1) is 12.2 Å². The van der Waals surface area contributed by atoms with Crippen molar-refractivity contribution in [1.29, 1.82) is 0 Å². The van der Waals surface area contributed by atoms with Crippen molar-refractivity contribution in [3.63, 3.8) is 0 Å². The molecule has 86 valence electrons. The van der Waals surface area contributed by atoms with Crippen LogP contribution < -0.4 is 10.1 Å². The highest BCUT2D eigenvalue weighted by Crippen LogP contribution is 2.30. The molecule has 1 aromatic rings. The van der Waals surface area contributed by atoms with Crippen molar-refractivity contribution < 1.29 is 9.53 Å². The zero-order valence-electron chi connectivity index (χ0n) is 9.91. The van der Waals surface area contributed by atoms with Crippen LogP contribution in [0.4, 0.5) is 5.69 Å². The van der Waals surface area contributed by atoms with Crippen molar-refractivity contribution >= 4 is 11.5 Å². The van der Waals surface area contributed by atoms with E-state index < -0.39 is 0 Å². The highest BCUT2D eigenvalue weighted by molar-refractivity contribution is 5.89. The molecule has 3 nitrogen and oxygen atoms in total. The van der Waals surface area contributed by atoms with Gasteiger partial charge < -0.3 is 10.1 Å². The largest absolute Gasteiger partial charge is 0.479 e. The fourth-order valence-electron chi connectivity index (χ4n) is 1.74. The van der Waals surface area contributed by atoms with Gasteiger partial charge in [0.25, 0.3) is 0 Å². The van der Waals surface area contributed by atoms with Gasteiger partial charge in [-0.15, -0.1) is 0 Å². The molecule has 3 heteroatoms. The highest BCUT2D eigenvalue weighted by atomic mass is 16.5. The molecule has 16 heavy (non-hydrogen) atoms. The first-order valence-corrected chi connectivity index (χ1v) is 5.52. The number of hydrogen-bond acceptors (Lipinski definition) is 3. The Kier molecular flexibility index (Phi) is 2.62. The molecule has 1 atom stereocenters. The molecule has 2 rings (SSSR count). The summed E-state index contributed by atoms with van der Waals surface area (Å²) < 4.78 is 5.71. The van der Waals surface area contributed by atoms with Crippen LogP contribution in [0.5, 0.6) is 5.75 Å². The lowest BCUT2D eigenvalue weighted by Crippen LogP contribution is -2.43. The summed E-state index contributed by atoms with van der Waals surface area (Å²) in [6.07, 6.45) is -0.380. The third kappa shape index (κ3) is 2.03. The first-order chi connectivity index (χ1) is 7.48. The molecule has 1 aliphatic heterocycles. The Balaban J connectivity index is 2.17. The average molecular weight is 219 g/mol. The molecule has 0 saturated carbocycles. The van der Waals surface area contributed by atoms with Crippen LogP contribution in [0.3, 0.4) is 0 Å². The third-order valence-electron chi connectivity index (χ3n) is 2.67. The van der Waals surface area contributed by atoms with Gasteiger partial charge in [-0.05, 0) is 12.1 Å². The SMILES string of the molecule is CC(C)(C)C(=O)C1CNc2ccccc2O1. The van der Waals surface area contributed by atoms with E-state index in [1.54, 1.807) is 0 Å². The normalized spacial score (nSPS) is 19.3. The van der Waals surface area contributed by atoms with E-state index in [-0.39, 0.29) is 17.3 Å². The monoisotopic (exact) mass is 219 g/mol. The lowest BCUT2D eigenvalue weighted by atomic mass is 9.87. The number of rotatable bonds is 1. The minimum absolute atomic E-state index is 0.134. The maximum atomic E-state index is 12.1. The first-order valence-electron chi connectivity index (χ1n) is 5.52. The van der Waals surface area contributed by atoms with Crippen LogP contribution in [-0.4, -0.2) is 18.4 Å². The van der Waals surface area contributed by atoms with E-state index in [2.05, 4.69) is 5.32 Å². The Hall–Kier alpha value is -1.51. The van der Waals surface area contributed by atoms with Gasteiger partial charge in [0.2, 0.25) is 0 Å². The Morgan fingerprint density at radius 2 is 2.06 bits per heavy atom. The van der Waals surface area contributed by atoms with Gasteiger partial charge in [0, 0.05) is 5.41 Å². The molecule has 0 bridgehead atoms. The summed E-state index contributed by atoms with van der Waals surface area (Å²) in [6, 6.07) is 7.68. The Morgan fingerprint density at radius 3 is 2.75 bits per heavy atom. The number of para-hydroxylation sites is 2. The summed E-state index contributed by atoms with van der Waals surface area (Å²) in [5.74, 6) is 0.894. The lowest BCUT2D eigenvalue weighted by Gasteiger charge is -2.30. The van der Waals surface area contributed by atoms with Gasteiger partial charge in [-0.3, -0.25) is 4.79 Å². The van der Waals surface area contributed by atoms with Gasteiger partial charge in [-0.1, -0.05) is 32.9 Å². The van der Waals surface area contributed by atoms with Crippen molar-refractivity contribution in [2.45, 2.75) is 26.9 Å². The maximum absolute atomic E-state index is 12.1. The predicted octanol–water partition coefficient (Wildman–Crippen LogP) is 2.47. The van der Waals surface area contributed by atoms with Gasteiger partial charge in [-0.2, -0.15) is 0 Å². The quantitative estimate of drug-likeness (QED) is 0.788. The molecule has 1 unspecified atom stereocenters. The van der Waals surface area contributed by atoms with Crippen molar-refractivity contribution in [1.82, 2.24) is 0 Å². The number of ketones is 1. The summed E-state index contributed by atoms with van der Waals surface area (Å²) >= 11 is 0. The summed E-state index contributed by atoms with van der Waals surface area (Å²) in [5, 5.41) is 3.22. The Bertz CT molecular complexity index is 407. The smallest absolute Gasteiger partial charge is 0.180 e. The molecule has 1 heterocycles. The molecular formula is C13H17NO2. The molecule has 1 aromatic carbocycles. The Morgan fingerprint density at radius 1 is 1.38 bits per heavy atom. The zero-order valence-corrected chi connectivity index (χ0v) is 9.91. The average Bonchev–Trinajstić information content (AvgIpc) is 2.26. The molecule has 0 aromatic heterocycles. The second-order valence-corrected chi connectivity index (χ2v) is 5.10. The molecule has 0 spiro atoms. The van der Waals surface area contributed by atoms with Crippen LogP contribution >= 0.6 is 0 Å². The minimum atomic E-state index is -0.380. The summed E-state index contributed by atoms with van der Waals surface area (Å²) in [7, 11) is 0. The van der Waals surface area contributed by atoms with Crippen LogP contribution in [0.2, 0.25) is 0 Å². The molecule has 0 fully saturated rings. The lowest BCUT2D eigenvalue weighted by molar-refractivity contribution is -0.133. The van der Waals surface area contributed by atoms with Crippen molar-refractivity contribution in [2.75, 3.05) is 11.9 Å². The topological polar surface area (TPSA) is 38.3 Å². The number of benzene rings is 1. The van der Waals surface area contributed by atoms with Crippen LogP contribution in [0.15, 0.2) is 24.3 Å². The second kappa shape index (κ2) is 3.81. The van der Waals surface area contributed by atoms with Crippen LogP contribution in [0, 0.1) is 5.41 Å². The van der Waals surface area contributed by atoms with E-state index in [9.17, 15) is 4.79 Å². The van der Waals surface area contributed by atoms with Crippen LogP contribution in [0.1, 0.15) is 20.8 Å². The van der Waals surface area contributed by atoms with Crippen molar-refractivity contribution in [3.05, 3.63) is 24.3 Å². The first kappa shape index (κ1) is 11.0. The fourth-order valence-corrected chi connectivity index (χ4v) is 1.74. The van der Waals surface area contributed by atoms with E-state index in [0.717, 1.165) is 11.4 Å². The van der Waals surface area contributed by atoms with E-state index in [1.165, 1.54) is 0 Å². The predicted molar refractivity (Wildman–Crippen MR) is 63.8 cm³/mol. The number of ether oxygens (including phenoxy) is 1. The molecule has 0 radical (unpaired) electrons. The van der Waals surface area contributed by atoms with Crippen molar-refractivity contribution in [3.8, 4) is 5.75 Å². The number of carbonyl (C=O) groups is 1. The van der Waals surface area contributed by atoms with E-state index in [1.807, 2.05) is 45.0 Å². The number of anilines is 1. The number of nitrogens with one attached hydrogen (secondary N) is 1. The van der Waals surface area contributed by atoms with E-state index >= 15 is 0 Å². The molecule has 0 saturated heterocycles. The Labute approximate surface area is 95.8 Å². The summed E-state index contributed by atoms with van der Waals surface area (Å²) in [5.41, 5.74) is 0.596. The molecule has 0 amide bonds. The molecule has 0 aliphatic carbocycles. The van der Waals surface area contributed by atoms with Crippen LogP contribution in [-0.2, 0) is 4.79 Å². The molecular weight excluding hydrogens is 202 g/mol. The van der Waals surface area contributed by atoms with Gasteiger partial charge in [-0.25, -0.2) is 0 Å². The van der Waals surface area contributed by atoms with Crippen LogP contribution in [0.25, 0.3) is 0 Å². The standard InChI is InChI=1S/C13H17NO2/c1-13(2,3)12(15)11-8-14-9-6-4-5-7-10(9)16-11/h4-7,11,14H,8H2,1-3H3. The van der Waals surface area contributed by atoms with E-state index in [0.29, 0.717) is 6.54 Å². The number of Topliss-reactive ketones (excluding diaryl/α,β-unsaturated/α-hetero) is 1. The summed E-state index contributed by atoms with van der Waals surface area (Å²) in [6.45, 7) is 6.30. The maximum Gasteiger partial charge on any atom is 0.180 e. The number of fused-ring (bicyclic) bond motifs is 1. The fraction of sp³-hybridized carbons (Fsp3) is 0.462. The number of hydrogen-bond donors (Lipinski definition) is 1. The molecule has 1 aliphatic rings. The summed E-state index contributed by atoms with van der Waals surface area (Å²) in [4.78, 5) is 12.1. The van der Waals surface area contributed by atoms with Gasteiger partial charge in [0.1, 0.15) is 5.75 Å².